The number of amides is 1. The van der Waals surface area contributed by atoms with Crippen LogP contribution in [0, 0.1) is 0 Å². The van der Waals surface area contributed by atoms with Gasteiger partial charge in [0.05, 0.1) is 18.1 Å². The summed E-state index contributed by atoms with van der Waals surface area (Å²) in [5.41, 5.74) is 0. The van der Waals surface area contributed by atoms with Gasteiger partial charge < -0.3 is 5.32 Å². The van der Waals surface area contributed by atoms with Crippen molar-refractivity contribution >= 4 is 38.9 Å². The molecule has 0 fully saturated rings. The Kier molecular flexibility index (Phi) is 4.17. The van der Waals surface area contributed by atoms with Crippen molar-refractivity contribution in [3.05, 3.63) is 46.8 Å². The minimum absolute atomic E-state index is 0.0287. The minimum Gasteiger partial charge on any atom is -0.351 e. The first kappa shape index (κ1) is 14.0. The number of nitrogens with zero attached hydrogens (tertiary/aromatic N) is 3. The van der Waals surface area contributed by atoms with Crippen molar-refractivity contribution < 1.29 is 4.79 Å². The Morgan fingerprint density at radius 3 is 3.00 bits per heavy atom. The lowest BCUT2D eigenvalue weighted by molar-refractivity contribution is -0.121. The highest BCUT2D eigenvalue weighted by Gasteiger charge is 2.10. The molecule has 3 aromatic rings. The molecule has 3 rings (SSSR count). The van der Waals surface area contributed by atoms with Crippen LogP contribution in [0.4, 0.5) is 0 Å². The van der Waals surface area contributed by atoms with Gasteiger partial charge in [-0.25, -0.2) is 4.98 Å². The highest BCUT2D eigenvalue weighted by atomic mass is 35.5. The molecule has 0 unspecified atom stereocenters. The van der Waals surface area contributed by atoms with Gasteiger partial charge in [0.15, 0.2) is 0 Å². The number of thiophene rings is 1. The van der Waals surface area contributed by atoms with Gasteiger partial charge in [-0.3, -0.25) is 9.48 Å². The monoisotopic (exact) mass is 320 g/mol. The normalized spacial score (nSPS) is 10.9. The second-order valence-corrected chi connectivity index (χ2v) is 6.04. The van der Waals surface area contributed by atoms with Crippen LogP contribution in [-0.4, -0.2) is 20.7 Å². The number of nitrogens with one attached hydrogen (secondary N) is 1. The third-order valence-corrected chi connectivity index (χ3v) is 4.80. The van der Waals surface area contributed by atoms with Crippen LogP contribution in [0.1, 0.15) is 11.3 Å². The molecule has 0 aliphatic heterocycles. The molecule has 0 saturated carbocycles. The van der Waals surface area contributed by atoms with Crippen molar-refractivity contribution in [3.8, 4) is 0 Å². The number of halogens is 1. The van der Waals surface area contributed by atoms with E-state index in [2.05, 4.69) is 15.4 Å². The Balaban J connectivity index is 1.58. The van der Waals surface area contributed by atoms with E-state index in [0.717, 1.165) is 20.0 Å². The van der Waals surface area contributed by atoms with E-state index in [-0.39, 0.29) is 5.91 Å². The Morgan fingerprint density at radius 2 is 2.24 bits per heavy atom. The molecule has 21 heavy (non-hydrogen) atoms. The molecule has 0 saturated heterocycles. The first-order valence-electron chi connectivity index (χ1n) is 6.49. The van der Waals surface area contributed by atoms with E-state index < -0.39 is 0 Å². The summed E-state index contributed by atoms with van der Waals surface area (Å²) >= 11 is 7.94. The summed E-state index contributed by atoms with van der Waals surface area (Å²) in [7, 11) is 0. The molecule has 0 bridgehead atoms. The molecule has 108 valence electrons. The first-order chi connectivity index (χ1) is 10.2. The number of hydrogen-bond donors (Lipinski definition) is 1. The van der Waals surface area contributed by atoms with Crippen LogP contribution in [0.15, 0.2) is 36.9 Å². The highest BCUT2D eigenvalue weighted by molar-refractivity contribution is 7.19. The fourth-order valence-corrected chi connectivity index (χ4v) is 3.45. The van der Waals surface area contributed by atoms with E-state index in [9.17, 15) is 4.79 Å². The number of aromatic nitrogens is 3. The molecule has 0 spiro atoms. The molecule has 1 aromatic carbocycles. The maximum absolute atomic E-state index is 11.8. The van der Waals surface area contributed by atoms with Gasteiger partial charge in [0.1, 0.15) is 12.7 Å². The summed E-state index contributed by atoms with van der Waals surface area (Å²) < 4.78 is 2.76. The van der Waals surface area contributed by atoms with Crippen molar-refractivity contribution in [1.82, 2.24) is 20.1 Å². The predicted molar refractivity (Wildman–Crippen MR) is 83.3 cm³/mol. The minimum atomic E-state index is -0.0287. The molecular formula is C14H13ClN4OS. The first-order valence-corrected chi connectivity index (χ1v) is 7.68. The maximum atomic E-state index is 11.8. The third-order valence-electron chi connectivity index (χ3n) is 3.08. The molecule has 0 radical (unpaired) electrons. The van der Waals surface area contributed by atoms with Gasteiger partial charge in [-0.15, -0.1) is 11.3 Å². The van der Waals surface area contributed by atoms with Gasteiger partial charge in [0, 0.05) is 21.4 Å². The predicted octanol–water partition coefficient (Wildman–Crippen LogP) is 2.85. The maximum Gasteiger partial charge on any atom is 0.222 e. The SMILES string of the molecule is O=C(CCn1cncn1)NCc1sc2ccccc2c1Cl. The van der Waals surface area contributed by atoms with Crippen LogP contribution >= 0.6 is 22.9 Å². The number of rotatable bonds is 5. The number of carbonyl (C=O) groups excluding carboxylic acids is 1. The standard InChI is InChI=1S/C14H13ClN4OS/c15-14-10-3-1-2-4-11(10)21-12(14)7-17-13(20)5-6-19-9-16-8-18-19/h1-4,8-9H,5-7H2,(H,17,20). The lowest BCUT2D eigenvalue weighted by Gasteiger charge is -2.04. The molecule has 1 amide bonds. The van der Waals surface area contributed by atoms with Gasteiger partial charge in [0.25, 0.3) is 0 Å². The van der Waals surface area contributed by atoms with E-state index >= 15 is 0 Å². The van der Waals surface area contributed by atoms with E-state index in [1.165, 1.54) is 6.33 Å². The molecule has 0 atom stereocenters. The number of carbonyl (C=O) groups is 1. The second kappa shape index (κ2) is 6.24. The van der Waals surface area contributed by atoms with Crippen LogP contribution < -0.4 is 5.32 Å². The lowest BCUT2D eigenvalue weighted by Crippen LogP contribution is -2.23. The van der Waals surface area contributed by atoms with Crippen molar-refractivity contribution in [2.75, 3.05) is 0 Å². The van der Waals surface area contributed by atoms with Crippen LogP contribution in [-0.2, 0) is 17.9 Å². The second-order valence-electron chi connectivity index (χ2n) is 4.52. The molecule has 2 heterocycles. The molecular weight excluding hydrogens is 308 g/mol. The largest absolute Gasteiger partial charge is 0.351 e. The topological polar surface area (TPSA) is 59.8 Å². The molecule has 1 N–H and O–H groups in total. The smallest absolute Gasteiger partial charge is 0.222 e. The highest BCUT2D eigenvalue weighted by Crippen LogP contribution is 2.34. The zero-order chi connectivity index (χ0) is 14.7. The van der Waals surface area contributed by atoms with Crippen LogP contribution in [0.2, 0.25) is 5.02 Å². The quantitative estimate of drug-likeness (QED) is 0.786. The fraction of sp³-hybridized carbons (Fsp3) is 0.214. The van der Waals surface area contributed by atoms with Gasteiger partial charge in [-0.05, 0) is 6.07 Å². The number of fused-ring (bicyclic) bond motifs is 1. The van der Waals surface area contributed by atoms with Crippen molar-refractivity contribution in [1.29, 1.82) is 0 Å². The summed E-state index contributed by atoms with van der Waals surface area (Å²) in [5, 5.41) is 8.61. The number of aryl methyl sites for hydroxylation is 1. The number of hydrogen-bond acceptors (Lipinski definition) is 4. The van der Waals surface area contributed by atoms with Crippen LogP contribution in [0.3, 0.4) is 0 Å². The fourth-order valence-electron chi connectivity index (χ4n) is 2.01. The molecule has 5 nitrogen and oxygen atoms in total. The molecule has 0 aliphatic carbocycles. The summed E-state index contributed by atoms with van der Waals surface area (Å²) in [6.07, 6.45) is 3.41. The third kappa shape index (κ3) is 3.22. The van der Waals surface area contributed by atoms with Crippen molar-refractivity contribution in [3.63, 3.8) is 0 Å². The molecule has 0 aliphatic rings. The zero-order valence-electron chi connectivity index (χ0n) is 11.1. The average Bonchev–Trinajstić information content (AvgIpc) is 3.12. The van der Waals surface area contributed by atoms with E-state index in [0.29, 0.717) is 19.5 Å². The van der Waals surface area contributed by atoms with Gasteiger partial charge in [-0.2, -0.15) is 5.10 Å². The lowest BCUT2D eigenvalue weighted by atomic mass is 10.2. The molecule has 7 heteroatoms. The van der Waals surface area contributed by atoms with Gasteiger partial charge in [0.2, 0.25) is 5.91 Å². The van der Waals surface area contributed by atoms with Gasteiger partial charge >= 0.3 is 0 Å². The van der Waals surface area contributed by atoms with E-state index in [1.54, 1.807) is 22.3 Å². The Morgan fingerprint density at radius 1 is 1.38 bits per heavy atom. The summed E-state index contributed by atoms with van der Waals surface area (Å²) in [6, 6.07) is 7.96. The Hall–Kier alpha value is -1.92. The van der Waals surface area contributed by atoms with Crippen molar-refractivity contribution in [2.45, 2.75) is 19.5 Å². The summed E-state index contributed by atoms with van der Waals surface area (Å²) in [4.78, 5) is 16.6. The zero-order valence-corrected chi connectivity index (χ0v) is 12.7. The van der Waals surface area contributed by atoms with E-state index in [1.807, 2.05) is 24.3 Å². The van der Waals surface area contributed by atoms with E-state index in [4.69, 9.17) is 11.6 Å². The van der Waals surface area contributed by atoms with Gasteiger partial charge in [-0.1, -0.05) is 29.8 Å². The van der Waals surface area contributed by atoms with Crippen LogP contribution in [0.25, 0.3) is 10.1 Å². The Labute approximate surface area is 130 Å². The average molecular weight is 321 g/mol. The molecule has 2 aromatic heterocycles. The Bertz CT molecular complexity index is 754. The van der Waals surface area contributed by atoms with Crippen LogP contribution in [0.5, 0.6) is 0 Å². The summed E-state index contributed by atoms with van der Waals surface area (Å²) in [5.74, 6) is -0.0287. The number of benzene rings is 1. The summed E-state index contributed by atoms with van der Waals surface area (Å²) in [6.45, 7) is 0.973. The van der Waals surface area contributed by atoms with Crippen molar-refractivity contribution in [2.24, 2.45) is 0 Å².